The summed E-state index contributed by atoms with van der Waals surface area (Å²) in [4.78, 5) is 0. The summed E-state index contributed by atoms with van der Waals surface area (Å²) in [5, 5.41) is 17.5. The topological polar surface area (TPSA) is 50.9 Å². The highest BCUT2D eigenvalue weighted by Crippen LogP contribution is 2.43. The van der Waals surface area contributed by atoms with Gasteiger partial charge < -0.3 is 5.11 Å². The van der Waals surface area contributed by atoms with Crippen molar-refractivity contribution in [3.63, 3.8) is 0 Å². The van der Waals surface area contributed by atoms with Crippen molar-refractivity contribution in [3.8, 4) is 0 Å². The van der Waals surface area contributed by atoms with Crippen LogP contribution in [0.2, 0.25) is 0 Å². The van der Waals surface area contributed by atoms with Crippen LogP contribution in [0.25, 0.3) is 0 Å². The number of aliphatic hydroxyl groups is 1. The van der Waals surface area contributed by atoms with Gasteiger partial charge in [0.2, 0.25) is 0 Å². The van der Waals surface area contributed by atoms with E-state index in [1.165, 1.54) is 10.9 Å². The molecule has 102 valence electrons. The molecule has 4 nitrogen and oxygen atoms in total. The van der Waals surface area contributed by atoms with E-state index in [4.69, 9.17) is 0 Å². The summed E-state index contributed by atoms with van der Waals surface area (Å²) < 4.78 is 39.5. The number of alkyl halides is 3. The Hall–Kier alpha value is -1.11. The third kappa shape index (κ3) is 2.66. The van der Waals surface area contributed by atoms with Gasteiger partial charge in [0.1, 0.15) is 6.10 Å². The van der Waals surface area contributed by atoms with Gasteiger partial charge in [-0.2, -0.15) is 13.2 Å². The van der Waals surface area contributed by atoms with Crippen LogP contribution in [0.5, 0.6) is 0 Å². The fraction of sp³-hybridized carbons (Fsp3) is 0.818. The molecule has 1 aliphatic rings. The van der Waals surface area contributed by atoms with Gasteiger partial charge in [0.25, 0.3) is 0 Å². The van der Waals surface area contributed by atoms with Crippen molar-refractivity contribution in [3.05, 3.63) is 11.9 Å². The van der Waals surface area contributed by atoms with Gasteiger partial charge in [-0.3, -0.25) is 0 Å². The Morgan fingerprint density at radius 2 is 2.17 bits per heavy atom. The molecule has 1 aromatic rings. The highest BCUT2D eigenvalue weighted by atomic mass is 19.4. The minimum Gasteiger partial charge on any atom is -0.386 e. The molecule has 0 aliphatic heterocycles. The summed E-state index contributed by atoms with van der Waals surface area (Å²) >= 11 is 0. The van der Waals surface area contributed by atoms with E-state index in [9.17, 15) is 18.3 Å². The number of nitrogens with zero attached hydrogens (tertiary/aromatic N) is 3. The van der Waals surface area contributed by atoms with Gasteiger partial charge in [0.05, 0.1) is 17.8 Å². The van der Waals surface area contributed by atoms with Gasteiger partial charge in [-0.15, -0.1) is 5.10 Å². The van der Waals surface area contributed by atoms with E-state index >= 15 is 0 Å². The van der Waals surface area contributed by atoms with Crippen molar-refractivity contribution < 1.29 is 18.3 Å². The SMILES string of the molecule is Cn1nncc1C(O)C1CCCC(C(F)(F)F)C1. The van der Waals surface area contributed by atoms with E-state index in [1.807, 2.05) is 0 Å². The van der Waals surface area contributed by atoms with E-state index in [1.54, 1.807) is 7.05 Å². The second-order valence-electron chi connectivity index (χ2n) is 4.89. The molecule has 0 aromatic carbocycles. The Kier molecular flexibility index (Phi) is 3.61. The summed E-state index contributed by atoms with van der Waals surface area (Å²) in [5.41, 5.74) is 0.475. The summed E-state index contributed by atoms with van der Waals surface area (Å²) in [5.74, 6) is -1.67. The molecule has 0 radical (unpaired) electrons. The molecule has 0 spiro atoms. The maximum absolute atomic E-state index is 12.7. The molecule has 7 heteroatoms. The fourth-order valence-corrected chi connectivity index (χ4v) is 2.62. The minimum absolute atomic E-state index is 0.0180. The third-order valence-electron chi connectivity index (χ3n) is 3.68. The van der Waals surface area contributed by atoms with Gasteiger partial charge in [-0.05, 0) is 25.2 Å². The largest absolute Gasteiger partial charge is 0.391 e. The van der Waals surface area contributed by atoms with Gasteiger partial charge in [0, 0.05) is 7.05 Å². The Bertz CT molecular complexity index is 404. The number of halogens is 3. The molecule has 1 heterocycles. The highest BCUT2D eigenvalue weighted by Gasteiger charge is 2.43. The third-order valence-corrected chi connectivity index (χ3v) is 3.68. The van der Waals surface area contributed by atoms with Crippen LogP contribution in [-0.2, 0) is 7.05 Å². The van der Waals surface area contributed by atoms with Crippen LogP contribution < -0.4 is 0 Å². The average molecular weight is 263 g/mol. The average Bonchev–Trinajstić information content (AvgIpc) is 2.73. The van der Waals surface area contributed by atoms with E-state index in [0.717, 1.165) is 0 Å². The molecule has 1 N–H and O–H groups in total. The van der Waals surface area contributed by atoms with Crippen LogP contribution in [0.1, 0.15) is 37.5 Å². The smallest absolute Gasteiger partial charge is 0.386 e. The number of aromatic nitrogens is 3. The van der Waals surface area contributed by atoms with Crippen molar-refractivity contribution in [2.24, 2.45) is 18.9 Å². The van der Waals surface area contributed by atoms with Crippen molar-refractivity contribution in [2.45, 2.75) is 38.0 Å². The number of aliphatic hydroxyl groups excluding tert-OH is 1. The van der Waals surface area contributed by atoms with Crippen LogP contribution in [0.4, 0.5) is 13.2 Å². The monoisotopic (exact) mass is 263 g/mol. The van der Waals surface area contributed by atoms with Gasteiger partial charge >= 0.3 is 6.18 Å². The van der Waals surface area contributed by atoms with E-state index in [2.05, 4.69) is 10.3 Å². The first-order valence-corrected chi connectivity index (χ1v) is 5.99. The van der Waals surface area contributed by atoms with Gasteiger partial charge in [0.15, 0.2) is 0 Å². The fourth-order valence-electron chi connectivity index (χ4n) is 2.62. The van der Waals surface area contributed by atoms with Crippen molar-refractivity contribution >= 4 is 0 Å². The highest BCUT2D eigenvalue weighted by molar-refractivity contribution is 5.01. The van der Waals surface area contributed by atoms with Gasteiger partial charge in [-0.25, -0.2) is 4.68 Å². The summed E-state index contributed by atoms with van der Waals surface area (Å²) in [6, 6.07) is 0. The minimum atomic E-state index is -4.16. The molecule has 2 rings (SSSR count). The maximum Gasteiger partial charge on any atom is 0.391 e. The lowest BCUT2D eigenvalue weighted by molar-refractivity contribution is -0.189. The lowest BCUT2D eigenvalue weighted by atomic mass is 9.78. The number of rotatable bonds is 2. The first-order chi connectivity index (χ1) is 8.39. The molecule has 1 aromatic heterocycles. The quantitative estimate of drug-likeness (QED) is 0.890. The van der Waals surface area contributed by atoms with Crippen molar-refractivity contribution in [1.29, 1.82) is 0 Å². The molecule has 0 amide bonds. The lowest BCUT2D eigenvalue weighted by Crippen LogP contribution is -2.31. The molecule has 1 aliphatic carbocycles. The molecule has 0 saturated heterocycles. The zero-order valence-electron chi connectivity index (χ0n) is 10.1. The Morgan fingerprint density at radius 1 is 1.44 bits per heavy atom. The van der Waals surface area contributed by atoms with E-state index in [-0.39, 0.29) is 18.8 Å². The van der Waals surface area contributed by atoms with Crippen LogP contribution in [0.3, 0.4) is 0 Å². The number of hydrogen-bond acceptors (Lipinski definition) is 3. The molecule has 18 heavy (non-hydrogen) atoms. The van der Waals surface area contributed by atoms with Crippen molar-refractivity contribution in [1.82, 2.24) is 15.0 Å². The zero-order chi connectivity index (χ0) is 13.3. The predicted octanol–water partition coefficient (Wildman–Crippen LogP) is 2.22. The molecular weight excluding hydrogens is 247 g/mol. The summed E-state index contributed by atoms with van der Waals surface area (Å²) in [7, 11) is 1.62. The van der Waals surface area contributed by atoms with Crippen LogP contribution in [-0.4, -0.2) is 26.3 Å². The Balaban J connectivity index is 2.07. The van der Waals surface area contributed by atoms with E-state index < -0.39 is 18.2 Å². The van der Waals surface area contributed by atoms with Crippen LogP contribution >= 0.6 is 0 Å². The summed E-state index contributed by atoms with van der Waals surface area (Å²) in [6.45, 7) is 0. The lowest BCUT2D eigenvalue weighted by Gasteiger charge is -2.32. The van der Waals surface area contributed by atoms with E-state index in [0.29, 0.717) is 18.5 Å². The number of hydrogen-bond donors (Lipinski definition) is 1. The molecule has 1 fully saturated rings. The summed E-state index contributed by atoms with van der Waals surface area (Å²) in [6.07, 6.45) is -2.43. The molecular formula is C11H16F3N3O. The molecule has 3 atom stereocenters. The molecule has 1 saturated carbocycles. The molecule has 3 unspecified atom stereocenters. The van der Waals surface area contributed by atoms with Crippen LogP contribution in [0, 0.1) is 11.8 Å². The van der Waals surface area contributed by atoms with Gasteiger partial charge in [-0.1, -0.05) is 11.6 Å². The number of aryl methyl sites for hydroxylation is 1. The molecule has 0 bridgehead atoms. The maximum atomic E-state index is 12.7. The normalized spacial score (nSPS) is 27.2. The van der Waals surface area contributed by atoms with Crippen molar-refractivity contribution in [2.75, 3.05) is 0 Å². The Labute approximate surface area is 103 Å². The second-order valence-corrected chi connectivity index (χ2v) is 4.89. The zero-order valence-corrected chi connectivity index (χ0v) is 10.1. The second kappa shape index (κ2) is 4.87. The first kappa shape index (κ1) is 13.3. The Morgan fingerprint density at radius 3 is 2.72 bits per heavy atom. The predicted molar refractivity (Wildman–Crippen MR) is 57.5 cm³/mol. The first-order valence-electron chi connectivity index (χ1n) is 5.99. The van der Waals surface area contributed by atoms with Crippen LogP contribution in [0.15, 0.2) is 6.20 Å². The standard InChI is InChI=1S/C11H16F3N3O/c1-17-9(6-15-16-17)10(18)7-3-2-4-8(5-7)11(12,13)14/h6-8,10,18H,2-5H2,1H3.